The van der Waals surface area contributed by atoms with E-state index in [1.54, 1.807) is 32.0 Å². The van der Waals surface area contributed by atoms with Gasteiger partial charge in [0.05, 0.1) is 4.90 Å². The van der Waals surface area contributed by atoms with Gasteiger partial charge < -0.3 is 5.32 Å². The molecule has 5 nitrogen and oxygen atoms in total. The van der Waals surface area contributed by atoms with Crippen LogP contribution < -0.4 is 5.32 Å². The average Bonchev–Trinajstić information content (AvgIpc) is 3.13. The lowest BCUT2D eigenvalue weighted by Gasteiger charge is -2.25. The van der Waals surface area contributed by atoms with Gasteiger partial charge >= 0.3 is 0 Å². The van der Waals surface area contributed by atoms with E-state index < -0.39 is 16.1 Å². The summed E-state index contributed by atoms with van der Waals surface area (Å²) < 4.78 is 41.7. The molecule has 1 fully saturated rings. The normalized spacial score (nSPS) is 17.4. The second kappa shape index (κ2) is 8.63. The molecular weight excluding hydrogens is 391 g/mol. The smallest absolute Gasteiger partial charge is 0.244 e. The second-order valence-electron chi connectivity index (χ2n) is 7.63. The standard InChI is InChI=1S/C22H27FN2O3S/c1-15-13-16(2)21(17(3)14-15)29(27,28)25-12-6-9-20(25)22(26)24-11-10-18-7-4-5-8-19(18)23/h4-5,7-8,13-14,20H,6,9-12H2,1-3H3,(H,24,26). The van der Waals surface area contributed by atoms with Crippen molar-refractivity contribution < 1.29 is 17.6 Å². The lowest BCUT2D eigenvalue weighted by molar-refractivity contribution is -0.124. The molecule has 1 aliphatic rings. The number of carbonyl (C=O) groups is 1. The third kappa shape index (κ3) is 4.51. The maximum Gasteiger partial charge on any atom is 0.244 e. The zero-order valence-electron chi connectivity index (χ0n) is 17.0. The van der Waals surface area contributed by atoms with Crippen molar-refractivity contribution in [3.05, 3.63) is 64.5 Å². The first-order valence-electron chi connectivity index (χ1n) is 9.82. The minimum atomic E-state index is -3.78. The molecule has 1 unspecified atom stereocenters. The molecule has 156 valence electrons. The average molecular weight is 419 g/mol. The van der Waals surface area contributed by atoms with Gasteiger partial charge in [-0.05, 0) is 62.8 Å². The molecule has 3 rings (SSSR count). The third-order valence-corrected chi connectivity index (χ3v) is 7.54. The predicted molar refractivity (Wildman–Crippen MR) is 111 cm³/mol. The molecule has 0 aromatic heterocycles. The van der Waals surface area contributed by atoms with Crippen LogP contribution in [0.1, 0.15) is 35.1 Å². The molecular formula is C22H27FN2O3S. The van der Waals surface area contributed by atoms with Crippen LogP contribution in [0, 0.1) is 26.6 Å². The van der Waals surface area contributed by atoms with Crippen LogP contribution in [0.3, 0.4) is 0 Å². The van der Waals surface area contributed by atoms with Crippen molar-refractivity contribution in [3.8, 4) is 0 Å². The highest BCUT2D eigenvalue weighted by Gasteiger charge is 2.40. The summed E-state index contributed by atoms with van der Waals surface area (Å²) in [5, 5.41) is 2.78. The highest BCUT2D eigenvalue weighted by molar-refractivity contribution is 7.89. The van der Waals surface area contributed by atoms with Crippen LogP contribution in [0.15, 0.2) is 41.3 Å². The van der Waals surface area contributed by atoms with Gasteiger partial charge in [-0.1, -0.05) is 35.9 Å². The van der Waals surface area contributed by atoms with Crippen LogP contribution in [-0.4, -0.2) is 37.8 Å². The van der Waals surface area contributed by atoms with E-state index in [2.05, 4.69) is 5.32 Å². The summed E-state index contributed by atoms with van der Waals surface area (Å²) in [6, 6.07) is 9.39. The van der Waals surface area contributed by atoms with Gasteiger partial charge in [0.25, 0.3) is 0 Å². The summed E-state index contributed by atoms with van der Waals surface area (Å²) in [5.41, 5.74) is 2.90. The fraction of sp³-hybridized carbons (Fsp3) is 0.409. The second-order valence-corrected chi connectivity index (χ2v) is 9.46. The first-order valence-corrected chi connectivity index (χ1v) is 11.3. The molecule has 0 radical (unpaired) electrons. The topological polar surface area (TPSA) is 66.5 Å². The van der Waals surface area contributed by atoms with Gasteiger partial charge in [0.15, 0.2) is 0 Å². The fourth-order valence-corrected chi connectivity index (χ4v) is 6.19. The lowest BCUT2D eigenvalue weighted by atomic mass is 10.1. The van der Waals surface area contributed by atoms with Gasteiger partial charge in [-0.15, -0.1) is 0 Å². The monoisotopic (exact) mass is 418 g/mol. The minimum Gasteiger partial charge on any atom is -0.354 e. The number of nitrogens with zero attached hydrogens (tertiary/aromatic N) is 1. The molecule has 1 atom stereocenters. The maximum atomic E-state index is 13.7. The van der Waals surface area contributed by atoms with Crippen LogP contribution in [0.25, 0.3) is 0 Å². The Bertz CT molecular complexity index is 997. The predicted octanol–water partition coefficient (Wildman–Crippen LogP) is 3.26. The van der Waals surface area contributed by atoms with Crippen molar-refractivity contribution in [2.75, 3.05) is 13.1 Å². The molecule has 0 saturated carbocycles. The number of aryl methyl sites for hydroxylation is 3. The molecule has 1 N–H and O–H groups in total. The van der Waals surface area contributed by atoms with E-state index in [1.165, 1.54) is 10.4 Å². The van der Waals surface area contributed by atoms with Gasteiger partial charge in [-0.25, -0.2) is 12.8 Å². The van der Waals surface area contributed by atoms with E-state index in [1.807, 2.05) is 19.1 Å². The van der Waals surface area contributed by atoms with E-state index in [0.717, 1.165) is 5.56 Å². The number of rotatable bonds is 6. The summed E-state index contributed by atoms with van der Waals surface area (Å²) in [6.07, 6.45) is 1.47. The number of amides is 1. The van der Waals surface area contributed by atoms with Gasteiger partial charge in [-0.2, -0.15) is 4.31 Å². The highest BCUT2D eigenvalue weighted by Crippen LogP contribution is 2.30. The summed E-state index contributed by atoms with van der Waals surface area (Å²) in [6.45, 7) is 6.07. The molecule has 0 aliphatic carbocycles. The Morgan fingerprint density at radius 1 is 1.17 bits per heavy atom. The molecule has 0 bridgehead atoms. The maximum absolute atomic E-state index is 13.7. The van der Waals surface area contributed by atoms with Crippen molar-refractivity contribution in [2.24, 2.45) is 0 Å². The van der Waals surface area contributed by atoms with E-state index in [0.29, 0.717) is 42.5 Å². The number of hydrogen-bond donors (Lipinski definition) is 1. The zero-order valence-corrected chi connectivity index (χ0v) is 17.9. The minimum absolute atomic E-state index is 0.257. The Kier molecular flexibility index (Phi) is 6.39. The Labute approximate surface area is 172 Å². The van der Waals surface area contributed by atoms with Crippen LogP contribution in [0.2, 0.25) is 0 Å². The molecule has 0 spiro atoms. The van der Waals surface area contributed by atoms with Gasteiger partial charge in [0.1, 0.15) is 11.9 Å². The number of hydrogen-bond acceptors (Lipinski definition) is 3. The van der Waals surface area contributed by atoms with Crippen LogP contribution in [0.5, 0.6) is 0 Å². The van der Waals surface area contributed by atoms with Crippen molar-refractivity contribution in [2.45, 2.75) is 51.0 Å². The Hall–Kier alpha value is -2.25. The van der Waals surface area contributed by atoms with Crippen LogP contribution in [-0.2, 0) is 21.2 Å². The van der Waals surface area contributed by atoms with E-state index >= 15 is 0 Å². The lowest BCUT2D eigenvalue weighted by Crippen LogP contribution is -2.46. The van der Waals surface area contributed by atoms with Crippen molar-refractivity contribution in [1.29, 1.82) is 0 Å². The largest absolute Gasteiger partial charge is 0.354 e. The van der Waals surface area contributed by atoms with Crippen molar-refractivity contribution in [1.82, 2.24) is 9.62 Å². The van der Waals surface area contributed by atoms with Crippen LogP contribution in [0.4, 0.5) is 4.39 Å². The van der Waals surface area contributed by atoms with E-state index in [-0.39, 0.29) is 23.2 Å². The highest BCUT2D eigenvalue weighted by atomic mass is 32.2. The fourth-order valence-electron chi connectivity index (χ4n) is 4.12. The zero-order chi connectivity index (χ0) is 21.2. The third-order valence-electron chi connectivity index (χ3n) is 5.33. The molecule has 1 amide bonds. The van der Waals surface area contributed by atoms with E-state index in [9.17, 15) is 17.6 Å². The number of carbonyl (C=O) groups excluding carboxylic acids is 1. The van der Waals surface area contributed by atoms with E-state index in [4.69, 9.17) is 0 Å². The number of benzene rings is 2. The van der Waals surface area contributed by atoms with Crippen molar-refractivity contribution >= 4 is 15.9 Å². The SMILES string of the molecule is Cc1cc(C)c(S(=O)(=O)N2CCCC2C(=O)NCCc2ccccc2F)c(C)c1. The number of sulfonamides is 1. The molecule has 1 aliphatic heterocycles. The summed E-state index contributed by atoms with van der Waals surface area (Å²) in [4.78, 5) is 13.0. The first kappa shape index (κ1) is 21.5. The molecule has 7 heteroatoms. The Morgan fingerprint density at radius 2 is 1.83 bits per heavy atom. The quantitative estimate of drug-likeness (QED) is 0.783. The molecule has 2 aromatic carbocycles. The number of halogens is 1. The van der Waals surface area contributed by atoms with Gasteiger partial charge in [0.2, 0.25) is 15.9 Å². The van der Waals surface area contributed by atoms with Crippen LogP contribution >= 0.6 is 0 Å². The Morgan fingerprint density at radius 3 is 2.48 bits per heavy atom. The van der Waals surface area contributed by atoms with Gasteiger partial charge in [-0.3, -0.25) is 4.79 Å². The Balaban J connectivity index is 1.74. The molecule has 29 heavy (non-hydrogen) atoms. The van der Waals surface area contributed by atoms with Gasteiger partial charge in [0, 0.05) is 13.1 Å². The summed E-state index contributed by atoms with van der Waals surface area (Å²) in [5.74, 6) is -0.637. The summed E-state index contributed by atoms with van der Waals surface area (Å²) in [7, 11) is -3.78. The summed E-state index contributed by atoms with van der Waals surface area (Å²) >= 11 is 0. The van der Waals surface area contributed by atoms with Crippen molar-refractivity contribution in [3.63, 3.8) is 0 Å². The molecule has 2 aromatic rings. The first-order chi connectivity index (χ1) is 13.7. The number of nitrogens with one attached hydrogen (secondary N) is 1. The molecule has 1 saturated heterocycles. The molecule has 1 heterocycles.